The van der Waals surface area contributed by atoms with E-state index in [1.165, 1.54) is 0 Å². The molecule has 11 heteroatoms. The van der Waals surface area contributed by atoms with Crippen LogP contribution in [0.5, 0.6) is 11.5 Å². The number of fused-ring (bicyclic) bond motifs is 9. The smallest absolute Gasteiger partial charge is 0.411 e. The van der Waals surface area contributed by atoms with Gasteiger partial charge in [0.2, 0.25) is 11.8 Å². The first-order valence-electron chi connectivity index (χ1n) is 19.9. The lowest BCUT2D eigenvalue weighted by Crippen LogP contribution is -2.45. The molecule has 11 nitrogen and oxygen atoms in total. The molecule has 2 unspecified atom stereocenters. The van der Waals surface area contributed by atoms with Gasteiger partial charge >= 0.3 is 12.1 Å². The predicted octanol–water partition coefficient (Wildman–Crippen LogP) is 8.90. The Morgan fingerprint density at radius 3 is 2.00 bits per heavy atom. The van der Waals surface area contributed by atoms with Crippen LogP contribution >= 0.6 is 0 Å². The SMILES string of the molecule is O=C(O)CCCC(=O)NC(Cc1ccccc1)C(=O)Nc1ccc2c(c1)Oc1cc(NC(=O)OCC3c4ccccc4-c4ccccc43)ccc1C21OCc2ccccc21. The van der Waals surface area contributed by atoms with Crippen molar-refractivity contribution in [3.63, 3.8) is 0 Å². The Morgan fingerprint density at radius 2 is 1.32 bits per heavy atom. The van der Waals surface area contributed by atoms with Crippen LogP contribution in [-0.4, -0.2) is 41.6 Å². The van der Waals surface area contributed by atoms with Crippen LogP contribution in [0.2, 0.25) is 0 Å². The Labute approximate surface area is 346 Å². The number of hydrogen-bond acceptors (Lipinski definition) is 7. The Kier molecular flexibility index (Phi) is 10.3. The fourth-order valence-corrected chi connectivity index (χ4v) is 8.62. The molecule has 300 valence electrons. The number of carboxylic acids is 1. The van der Waals surface area contributed by atoms with E-state index in [2.05, 4.69) is 40.2 Å². The first kappa shape index (κ1) is 38.3. The normalized spacial score (nSPS) is 15.9. The van der Waals surface area contributed by atoms with E-state index < -0.39 is 35.5 Å². The zero-order valence-electron chi connectivity index (χ0n) is 32.5. The van der Waals surface area contributed by atoms with Gasteiger partial charge in [-0.15, -0.1) is 0 Å². The summed E-state index contributed by atoms with van der Waals surface area (Å²) < 4.78 is 19.2. The molecule has 0 bridgehead atoms. The number of anilines is 2. The van der Waals surface area contributed by atoms with Crippen molar-refractivity contribution < 1.29 is 38.5 Å². The van der Waals surface area contributed by atoms with Crippen LogP contribution in [0.15, 0.2) is 140 Å². The Morgan fingerprint density at radius 1 is 0.700 bits per heavy atom. The van der Waals surface area contributed by atoms with Crippen molar-refractivity contribution in [3.8, 4) is 22.6 Å². The van der Waals surface area contributed by atoms with Gasteiger partial charge in [0.1, 0.15) is 24.1 Å². The predicted molar refractivity (Wildman–Crippen MR) is 225 cm³/mol. The quantitative estimate of drug-likeness (QED) is 0.0958. The molecule has 0 radical (unpaired) electrons. The molecule has 60 heavy (non-hydrogen) atoms. The molecule has 3 amide bonds. The van der Waals surface area contributed by atoms with Crippen LogP contribution in [0.3, 0.4) is 0 Å². The molecule has 0 saturated heterocycles. The van der Waals surface area contributed by atoms with E-state index in [9.17, 15) is 19.2 Å². The van der Waals surface area contributed by atoms with E-state index >= 15 is 0 Å². The standard InChI is InChI=1S/C49H41N3O8/c53-45(19-10-20-46(54)55)52-42(25-30-11-2-1-3-12-30)47(56)50-32-21-23-40-43(26-32)60-44-27-33(22-24-41(44)49(40)39-18-9-4-13-31(39)28-59-49)51-48(57)58-29-38-36-16-7-5-14-34(36)35-15-6-8-17-37(35)38/h1-9,11-18,21-24,26-27,38,42H,10,19-20,25,28-29H2,(H,50,56)(H,51,57)(H,52,53)(H,54,55). The molecule has 9 rings (SSSR count). The van der Waals surface area contributed by atoms with Gasteiger partial charge in [-0.1, -0.05) is 103 Å². The van der Waals surface area contributed by atoms with Crippen molar-refractivity contribution in [2.45, 2.75) is 49.9 Å². The van der Waals surface area contributed by atoms with Gasteiger partial charge in [-0.3, -0.25) is 19.7 Å². The number of carboxylic acid groups (broad SMARTS) is 1. The lowest BCUT2D eigenvalue weighted by atomic mass is 9.77. The Balaban J connectivity index is 0.965. The zero-order chi connectivity index (χ0) is 41.2. The Bertz CT molecular complexity index is 2600. The third-order valence-corrected chi connectivity index (χ3v) is 11.4. The summed E-state index contributed by atoms with van der Waals surface area (Å²) in [6.07, 6.45) is -0.406. The molecule has 1 spiro atoms. The van der Waals surface area contributed by atoms with Crippen LogP contribution in [0.25, 0.3) is 11.1 Å². The summed E-state index contributed by atoms with van der Waals surface area (Å²) in [5.74, 6) is -1.06. The second kappa shape index (κ2) is 16.2. The Hall–Kier alpha value is -7.24. The molecule has 3 aliphatic rings. The first-order valence-corrected chi connectivity index (χ1v) is 19.9. The molecule has 2 atom stereocenters. The van der Waals surface area contributed by atoms with E-state index in [1.54, 1.807) is 24.3 Å². The van der Waals surface area contributed by atoms with Crippen molar-refractivity contribution in [2.75, 3.05) is 17.2 Å². The number of nitrogens with one attached hydrogen (secondary N) is 3. The maximum absolute atomic E-state index is 13.9. The summed E-state index contributed by atoms with van der Waals surface area (Å²) in [5.41, 5.74) is 8.69. The zero-order valence-corrected chi connectivity index (χ0v) is 32.5. The third-order valence-electron chi connectivity index (χ3n) is 11.4. The molecular formula is C49H41N3O8. The van der Waals surface area contributed by atoms with Crippen molar-refractivity contribution in [2.24, 2.45) is 0 Å². The number of amides is 3. The number of aliphatic carboxylic acids is 1. The third kappa shape index (κ3) is 7.35. The van der Waals surface area contributed by atoms with E-state index in [-0.39, 0.29) is 38.2 Å². The van der Waals surface area contributed by atoms with Crippen molar-refractivity contribution in [1.82, 2.24) is 5.32 Å². The molecule has 1 aliphatic carbocycles. The number of carbonyl (C=O) groups is 4. The van der Waals surface area contributed by atoms with Crippen molar-refractivity contribution >= 4 is 35.3 Å². The fraction of sp³-hybridized carbons (Fsp3) is 0.184. The van der Waals surface area contributed by atoms with Crippen molar-refractivity contribution in [3.05, 3.63) is 178 Å². The maximum atomic E-state index is 13.9. The highest BCUT2D eigenvalue weighted by molar-refractivity contribution is 5.98. The minimum absolute atomic E-state index is 0.0291. The fourth-order valence-electron chi connectivity index (χ4n) is 8.62. The van der Waals surface area contributed by atoms with E-state index in [4.69, 9.17) is 19.3 Å². The van der Waals surface area contributed by atoms with Gasteiger partial charge < -0.3 is 30.0 Å². The van der Waals surface area contributed by atoms with Crippen LogP contribution in [-0.2, 0) is 42.5 Å². The summed E-state index contributed by atoms with van der Waals surface area (Å²) in [4.78, 5) is 51.1. The summed E-state index contributed by atoms with van der Waals surface area (Å²) in [6.45, 7) is 0.526. The van der Waals surface area contributed by atoms with Crippen LogP contribution in [0, 0.1) is 0 Å². The van der Waals surface area contributed by atoms with Gasteiger partial charge in [0.25, 0.3) is 0 Å². The van der Waals surface area contributed by atoms with Gasteiger partial charge in [-0.05, 0) is 69.6 Å². The maximum Gasteiger partial charge on any atom is 0.411 e. The van der Waals surface area contributed by atoms with E-state index in [0.29, 0.717) is 29.5 Å². The van der Waals surface area contributed by atoms with Gasteiger partial charge in [0, 0.05) is 59.8 Å². The molecule has 2 heterocycles. The average molecular weight is 800 g/mol. The highest BCUT2D eigenvalue weighted by Gasteiger charge is 2.49. The molecule has 6 aromatic rings. The van der Waals surface area contributed by atoms with Crippen molar-refractivity contribution in [1.29, 1.82) is 0 Å². The van der Waals surface area contributed by atoms with Gasteiger partial charge in [-0.2, -0.15) is 0 Å². The molecular weight excluding hydrogens is 759 g/mol. The number of benzene rings is 6. The minimum Gasteiger partial charge on any atom is -0.481 e. The largest absolute Gasteiger partial charge is 0.481 e. The summed E-state index contributed by atoms with van der Waals surface area (Å²) in [6, 6.07) is 43.5. The molecule has 0 saturated carbocycles. The van der Waals surface area contributed by atoms with Gasteiger partial charge in [0.05, 0.1) is 6.61 Å². The minimum atomic E-state index is -1.04. The topological polar surface area (TPSA) is 152 Å². The van der Waals surface area contributed by atoms with E-state index in [0.717, 1.165) is 50.1 Å². The number of rotatable bonds is 12. The summed E-state index contributed by atoms with van der Waals surface area (Å²) >= 11 is 0. The number of ether oxygens (including phenoxy) is 3. The second-order valence-electron chi connectivity index (χ2n) is 15.1. The summed E-state index contributed by atoms with van der Waals surface area (Å²) in [5, 5.41) is 17.7. The highest BCUT2D eigenvalue weighted by atomic mass is 16.5. The molecule has 6 aromatic carbocycles. The molecule has 4 N–H and O–H groups in total. The lowest BCUT2D eigenvalue weighted by Gasteiger charge is -2.37. The van der Waals surface area contributed by atoms with Gasteiger partial charge in [0.15, 0.2) is 5.60 Å². The molecule has 0 fully saturated rings. The second-order valence-corrected chi connectivity index (χ2v) is 15.1. The first-order chi connectivity index (χ1) is 29.3. The van der Waals surface area contributed by atoms with Gasteiger partial charge in [-0.25, -0.2) is 4.79 Å². The van der Waals surface area contributed by atoms with Crippen LogP contribution < -0.4 is 20.7 Å². The summed E-state index contributed by atoms with van der Waals surface area (Å²) in [7, 11) is 0. The monoisotopic (exact) mass is 799 g/mol. The molecule has 0 aromatic heterocycles. The van der Waals surface area contributed by atoms with E-state index in [1.807, 2.05) is 91.0 Å². The van der Waals surface area contributed by atoms with Crippen LogP contribution in [0.4, 0.5) is 16.2 Å². The number of carbonyl (C=O) groups excluding carboxylic acids is 3. The average Bonchev–Trinajstić information content (AvgIpc) is 3.79. The molecule has 2 aliphatic heterocycles. The lowest BCUT2D eigenvalue weighted by molar-refractivity contribution is -0.137. The van der Waals surface area contributed by atoms with Crippen LogP contribution in [0.1, 0.15) is 64.1 Å². The highest BCUT2D eigenvalue weighted by Crippen LogP contribution is 2.57. The number of hydrogen-bond donors (Lipinski definition) is 4.